The number of sulfonamides is 1. The van der Waals surface area contributed by atoms with Gasteiger partial charge in [-0.3, -0.25) is 10.1 Å². The first-order valence-corrected chi connectivity index (χ1v) is 14.6. The molecule has 0 amide bonds. The first kappa shape index (κ1) is 28.0. The summed E-state index contributed by atoms with van der Waals surface area (Å²) in [6.07, 6.45) is 3.16. The molecule has 3 aromatic rings. The number of thiophene rings is 1. The standard InChI is InChI=1S/C27H32N2O7S2/c1-5-6-21-13-19(16-37-21)27-23-15-26(36-4)25(35-3)14-18(23)7-12-24(27)28(17-34-2)38(32,33)22-10-8-20(9-11-22)29(30)31/h8-11,13-16,24,27H,5-7,12,17H2,1-4H3/t24-,27-/m1/s1. The molecule has 0 aliphatic heterocycles. The fourth-order valence-corrected chi connectivity index (χ4v) is 7.72. The molecule has 0 spiro atoms. The van der Waals surface area contributed by atoms with Crippen LogP contribution in [0.2, 0.25) is 0 Å². The molecule has 1 heterocycles. The molecule has 4 rings (SSSR count). The third kappa shape index (κ3) is 5.42. The maximum absolute atomic E-state index is 14.0. The third-order valence-corrected chi connectivity index (χ3v) is 9.76. The number of benzene rings is 2. The Kier molecular flexibility index (Phi) is 8.71. The summed E-state index contributed by atoms with van der Waals surface area (Å²) >= 11 is 1.68. The van der Waals surface area contributed by atoms with Crippen LogP contribution >= 0.6 is 11.3 Å². The number of methoxy groups -OCH3 is 3. The molecule has 0 unspecified atom stereocenters. The van der Waals surface area contributed by atoms with Gasteiger partial charge in [0, 0.05) is 36.1 Å². The van der Waals surface area contributed by atoms with Gasteiger partial charge >= 0.3 is 0 Å². The van der Waals surface area contributed by atoms with Crippen LogP contribution in [-0.4, -0.2) is 51.7 Å². The van der Waals surface area contributed by atoms with Crippen LogP contribution in [0.1, 0.15) is 47.3 Å². The van der Waals surface area contributed by atoms with Crippen LogP contribution in [0.25, 0.3) is 0 Å². The van der Waals surface area contributed by atoms with E-state index in [4.69, 9.17) is 14.2 Å². The number of fused-ring (bicyclic) bond motifs is 1. The molecule has 0 fully saturated rings. The SMILES string of the molecule is CCCc1cc([C@@H]2c3cc(OC)c(OC)cc3CC[C@H]2N(COC)S(=O)(=O)c2ccc([N+](=O)[O-])cc2)cs1. The number of ether oxygens (including phenoxy) is 3. The van der Waals surface area contributed by atoms with E-state index in [2.05, 4.69) is 18.4 Å². The summed E-state index contributed by atoms with van der Waals surface area (Å²) in [6, 6.07) is 10.6. The Morgan fingerprint density at radius 2 is 1.76 bits per heavy atom. The molecule has 9 nitrogen and oxygen atoms in total. The lowest BCUT2D eigenvalue weighted by atomic mass is 9.76. The topological polar surface area (TPSA) is 108 Å². The van der Waals surface area contributed by atoms with E-state index >= 15 is 0 Å². The normalized spacial score (nSPS) is 17.3. The van der Waals surface area contributed by atoms with Gasteiger partial charge in [0.15, 0.2) is 11.5 Å². The quantitative estimate of drug-likeness (QED) is 0.176. The lowest BCUT2D eigenvalue weighted by Crippen LogP contribution is -2.46. The Hall–Kier alpha value is -2.99. The van der Waals surface area contributed by atoms with E-state index in [1.165, 1.54) is 40.6 Å². The van der Waals surface area contributed by atoms with E-state index in [-0.39, 0.29) is 23.2 Å². The Labute approximate surface area is 227 Å². The Bertz CT molecular complexity index is 1390. The van der Waals surface area contributed by atoms with Gasteiger partial charge < -0.3 is 14.2 Å². The summed E-state index contributed by atoms with van der Waals surface area (Å²) in [5, 5.41) is 13.2. The van der Waals surface area contributed by atoms with Crippen molar-refractivity contribution in [3.05, 3.63) is 79.5 Å². The highest BCUT2D eigenvalue weighted by molar-refractivity contribution is 7.89. The summed E-state index contributed by atoms with van der Waals surface area (Å²) in [4.78, 5) is 11.8. The van der Waals surface area contributed by atoms with Crippen molar-refractivity contribution in [2.45, 2.75) is 49.5 Å². The van der Waals surface area contributed by atoms with Gasteiger partial charge in [0.25, 0.3) is 5.69 Å². The highest BCUT2D eigenvalue weighted by Gasteiger charge is 2.41. The average molecular weight is 561 g/mol. The van der Waals surface area contributed by atoms with Crippen molar-refractivity contribution in [3.8, 4) is 11.5 Å². The van der Waals surface area contributed by atoms with Gasteiger partial charge in [-0.25, -0.2) is 8.42 Å². The molecule has 1 aromatic heterocycles. The summed E-state index contributed by atoms with van der Waals surface area (Å²) < 4.78 is 45.9. The molecule has 0 bridgehead atoms. The van der Waals surface area contributed by atoms with Crippen molar-refractivity contribution in [1.82, 2.24) is 4.31 Å². The zero-order valence-corrected chi connectivity index (χ0v) is 23.5. The van der Waals surface area contributed by atoms with Gasteiger partial charge in [-0.1, -0.05) is 13.3 Å². The predicted molar refractivity (Wildman–Crippen MR) is 146 cm³/mol. The molecular formula is C27H32N2O7S2. The summed E-state index contributed by atoms with van der Waals surface area (Å²) in [7, 11) is 0.593. The number of rotatable bonds is 11. The lowest BCUT2D eigenvalue weighted by Gasteiger charge is -2.40. The third-order valence-electron chi connectivity index (χ3n) is 6.88. The summed E-state index contributed by atoms with van der Waals surface area (Å²) in [5.74, 6) is 0.938. The zero-order valence-electron chi connectivity index (χ0n) is 21.9. The predicted octanol–water partition coefficient (Wildman–Crippen LogP) is 5.37. The fraction of sp³-hybridized carbons (Fsp3) is 0.407. The van der Waals surface area contributed by atoms with Crippen LogP contribution in [-0.2, 0) is 27.6 Å². The van der Waals surface area contributed by atoms with Gasteiger partial charge in [-0.15, -0.1) is 11.3 Å². The monoisotopic (exact) mass is 560 g/mol. The van der Waals surface area contributed by atoms with Crippen molar-refractivity contribution in [2.24, 2.45) is 0 Å². The van der Waals surface area contributed by atoms with E-state index in [1.807, 2.05) is 12.1 Å². The van der Waals surface area contributed by atoms with Gasteiger partial charge in [-0.05, 0) is 71.7 Å². The molecule has 0 saturated carbocycles. The minimum atomic E-state index is -4.05. The van der Waals surface area contributed by atoms with Crippen molar-refractivity contribution in [3.63, 3.8) is 0 Å². The Morgan fingerprint density at radius 3 is 2.37 bits per heavy atom. The maximum Gasteiger partial charge on any atom is 0.269 e. The molecule has 1 aliphatic rings. The second-order valence-corrected chi connectivity index (χ2v) is 12.0. The van der Waals surface area contributed by atoms with Gasteiger partial charge in [-0.2, -0.15) is 4.31 Å². The van der Waals surface area contributed by atoms with Crippen molar-refractivity contribution in [2.75, 3.05) is 28.1 Å². The number of hydrogen-bond acceptors (Lipinski definition) is 8. The van der Waals surface area contributed by atoms with E-state index < -0.39 is 21.0 Å². The second-order valence-electron chi connectivity index (χ2n) is 9.15. The number of hydrogen-bond donors (Lipinski definition) is 0. The molecule has 11 heteroatoms. The zero-order chi connectivity index (χ0) is 27.4. The molecule has 38 heavy (non-hydrogen) atoms. The van der Waals surface area contributed by atoms with Gasteiger partial charge in [0.2, 0.25) is 10.0 Å². The second kappa shape index (κ2) is 11.8. The summed E-state index contributed by atoms with van der Waals surface area (Å²) in [5.41, 5.74) is 2.93. The van der Waals surface area contributed by atoms with Crippen LogP contribution in [0.4, 0.5) is 5.69 Å². The number of non-ortho nitro benzene ring substituents is 1. The minimum Gasteiger partial charge on any atom is -0.493 e. The largest absolute Gasteiger partial charge is 0.493 e. The van der Waals surface area contributed by atoms with Gasteiger partial charge in [0.1, 0.15) is 6.73 Å². The van der Waals surface area contributed by atoms with E-state index in [9.17, 15) is 18.5 Å². The van der Waals surface area contributed by atoms with Crippen LogP contribution in [0.5, 0.6) is 11.5 Å². The number of nitro groups is 1. The Balaban J connectivity index is 1.85. The molecule has 0 N–H and O–H groups in total. The highest BCUT2D eigenvalue weighted by atomic mass is 32.2. The number of aryl methyl sites for hydroxylation is 2. The highest BCUT2D eigenvalue weighted by Crippen LogP contribution is 2.46. The first-order valence-electron chi connectivity index (χ1n) is 12.3. The first-order chi connectivity index (χ1) is 18.2. The summed E-state index contributed by atoms with van der Waals surface area (Å²) in [6.45, 7) is 1.97. The Morgan fingerprint density at radius 1 is 1.08 bits per heavy atom. The number of nitrogens with zero attached hydrogens (tertiary/aromatic N) is 2. The van der Waals surface area contributed by atoms with Crippen molar-refractivity contribution in [1.29, 1.82) is 0 Å². The minimum absolute atomic E-state index is 0.0194. The molecule has 2 aromatic carbocycles. The fourth-order valence-electron chi connectivity index (χ4n) is 5.12. The molecule has 2 atom stereocenters. The average Bonchev–Trinajstić information content (AvgIpc) is 3.38. The maximum atomic E-state index is 14.0. The molecule has 1 aliphatic carbocycles. The van der Waals surface area contributed by atoms with Crippen LogP contribution in [0.3, 0.4) is 0 Å². The smallest absolute Gasteiger partial charge is 0.269 e. The molecule has 204 valence electrons. The molecule has 0 saturated heterocycles. The van der Waals surface area contributed by atoms with E-state index in [0.29, 0.717) is 24.3 Å². The molecular weight excluding hydrogens is 528 g/mol. The van der Waals surface area contributed by atoms with Crippen LogP contribution in [0.15, 0.2) is 52.7 Å². The van der Waals surface area contributed by atoms with E-state index in [0.717, 1.165) is 29.5 Å². The lowest BCUT2D eigenvalue weighted by molar-refractivity contribution is -0.384. The van der Waals surface area contributed by atoms with Crippen LogP contribution < -0.4 is 9.47 Å². The number of nitro benzene ring substituents is 1. The van der Waals surface area contributed by atoms with Gasteiger partial charge in [0.05, 0.1) is 24.0 Å². The van der Waals surface area contributed by atoms with Crippen LogP contribution in [0, 0.1) is 10.1 Å². The van der Waals surface area contributed by atoms with Crippen molar-refractivity contribution < 1.29 is 27.6 Å². The van der Waals surface area contributed by atoms with Crippen molar-refractivity contribution >= 4 is 27.0 Å². The molecule has 0 radical (unpaired) electrons. The van der Waals surface area contributed by atoms with E-state index in [1.54, 1.807) is 25.6 Å².